The van der Waals surface area contributed by atoms with Crippen LogP contribution in [0, 0.1) is 7.05 Å². The van der Waals surface area contributed by atoms with Crippen molar-refractivity contribution < 1.29 is 4.74 Å². The predicted molar refractivity (Wildman–Crippen MR) is 52.8 cm³/mol. The number of ether oxygens (including phenoxy) is 1. The van der Waals surface area contributed by atoms with Gasteiger partial charge in [0.05, 0.1) is 12.7 Å². The van der Waals surface area contributed by atoms with Gasteiger partial charge in [-0.3, -0.25) is 0 Å². The molecule has 0 saturated carbocycles. The van der Waals surface area contributed by atoms with Crippen molar-refractivity contribution in [1.82, 2.24) is 0 Å². The summed E-state index contributed by atoms with van der Waals surface area (Å²) in [7, 11) is 5.38. The highest BCUT2D eigenvalue weighted by Gasteiger charge is 2.31. The van der Waals surface area contributed by atoms with E-state index in [0.29, 0.717) is 0 Å². The molecule has 2 heteroatoms. The predicted octanol–water partition coefficient (Wildman–Crippen LogP) is 2.48. The number of benzene rings is 1. The first-order chi connectivity index (χ1) is 6.12. The molecule has 0 spiro atoms. The fourth-order valence-corrected chi connectivity index (χ4v) is 1.73. The maximum Gasteiger partial charge on any atom is 0.146 e. The molecule has 1 aliphatic heterocycles. The lowest BCUT2D eigenvalue weighted by molar-refractivity contribution is 0.139. The standard InChI is InChI=1S/C11H13NO/c1-11(2)7-8-5-4-6-9(12-3)10(8)13-11/h3-6,12H,7H2,1-2H3. The average molecular weight is 175 g/mol. The molecule has 0 bridgehead atoms. The molecule has 1 aromatic rings. The third kappa shape index (κ3) is 1.37. The minimum Gasteiger partial charge on any atom is -0.485 e. The highest BCUT2D eigenvalue weighted by Crippen LogP contribution is 2.40. The zero-order valence-electron chi connectivity index (χ0n) is 7.92. The minimum atomic E-state index is -0.102. The van der Waals surface area contributed by atoms with Crippen LogP contribution < -0.4 is 10.1 Å². The van der Waals surface area contributed by atoms with Crippen molar-refractivity contribution in [3.8, 4) is 5.75 Å². The van der Waals surface area contributed by atoms with E-state index in [-0.39, 0.29) is 5.60 Å². The van der Waals surface area contributed by atoms with Gasteiger partial charge in [-0.1, -0.05) is 12.1 Å². The van der Waals surface area contributed by atoms with E-state index < -0.39 is 0 Å². The largest absolute Gasteiger partial charge is 0.485 e. The zero-order chi connectivity index (χ0) is 9.47. The topological polar surface area (TPSA) is 21.3 Å². The molecule has 2 rings (SSSR count). The van der Waals surface area contributed by atoms with Crippen molar-refractivity contribution in [2.75, 3.05) is 5.32 Å². The number of rotatable bonds is 1. The van der Waals surface area contributed by atoms with Crippen LogP contribution >= 0.6 is 0 Å². The van der Waals surface area contributed by atoms with Crippen LogP contribution in [0.1, 0.15) is 19.4 Å². The highest BCUT2D eigenvalue weighted by molar-refractivity contribution is 5.62. The normalized spacial score (nSPS) is 17.8. The summed E-state index contributed by atoms with van der Waals surface area (Å²) in [6, 6.07) is 5.98. The molecule has 1 aromatic carbocycles. The molecule has 0 fully saturated rings. The van der Waals surface area contributed by atoms with Gasteiger partial charge in [-0.25, -0.2) is 0 Å². The monoisotopic (exact) mass is 175 g/mol. The lowest BCUT2D eigenvalue weighted by atomic mass is 10.0. The van der Waals surface area contributed by atoms with Gasteiger partial charge in [0.15, 0.2) is 0 Å². The molecule has 0 unspecified atom stereocenters. The Balaban J connectivity index is 2.45. The van der Waals surface area contributed by atoms with Crippen molar-refractivity contribution in [3.63, 3.8) is 0 Å². The van der Waals surface area contributed by atoms with E-state index >= 15 is 0 Å². The van der Waals surface area contributed by atoms with Crippen molar-refractivity contribution in [3.05, 3.63) is 30.8 Å². The second-order valence-corrected chi connectivity index (χ2v) is 3.98. The summed E-state index contributed by atoms with van der Waals surface area (Å²) in [6.45, 7) is 4.15. The second kappa shape index (κ2) is 2.66. The fourth-order valence-electron chi connectivity index (χ4n) is 1.73. The van der Waals surface area contributed by atoms with Gasteiger partial charge in [-0.2, -0.15) is 0 Å². The molecule has 1 aliphatic rings. The van der Waals surface area contributed by atoms with Crippen LogP contribution in [0.5, 0.6) is 5.75 Å². The minimum absolute atomic E-state index is 0.102. The summed E-state index contributed by atoms with van der Waals surface area (Å²) in [4.78, 5) is 0. The Morgan fingerprint density at radius 1 is 1.46 bits per heavy atom. The third-order valence-corrected chi connectivity index (χ3v) is 2.25. The van der Waals surface area contributed by atoms with Crippen LogP contribution in [0.4, 0.5) is 5.69 Å². The number of nitrogens with one attached hydrogen (secondary N) is 1. The van der Waals surface area contributed by atoms with Gasteiger partial charge in [0.1, 0.15) is 11.4 Å². The van der Waals surface area contributed by atoms with Crippen molar-refractivity contribution in [2.45, 2.75) is 25.9 Å². The van der Waals surface area contributed by atoms with E-state index in [1.807, 2.05) is 12.1 Å². The van der Waals surface area contributed by atoms with Gasteiger partial charge in [0, 0.05) is 12.0 Å². The Kier molecular flexibility index (Phi) is 1.72. The molecule has 13 heavy (non-hydrogen) atoms. The summed E-state index contributed by atoms with van der Waals surface area (Å²) in [5.41, 5.74) is 1.98. The summed E-state index contributed by atoms with van der Waals surface area (Å²) in [6.07, 6.45) is 0.942. The quantitative estimate of drug-likeness (QED) is 0.662. The van der Waals surface area contributed by atoms with Gasteiger partial charge in [0.2, 0.25) is 0 Å². The first-order valence-electron chi connectivity index (χ1n) is 4.40. The number of fused-ring (bicyclic) bond motifs is 1. The van der Waals surface area contributed by atoms with E-state index in [0.717, 1.165) is 17.9 Å². The Labute approximate surface area is 78.9 Å². The summed E-state index contributed by atoms with van der Waals surface area (Å²) >= 11 is 0. The lowest BCUT2D eigenvalue weighted by Crippen LogP contribution is -2.24. The molecule has 2 radical (unpaired) electrons. The Hall–Kier alpha value is -1.18. The first-order valence-corrected chi connectivity index (χ1v) is 4.40. The van der Waals surface area contributed by atoms with Gasteiger partial charge in [-0.05, 0) is 19.9 Å². The van der Waals surface area contributed by atoms with Gasteiger partial charge >= 0.3 is 0 Å². The zero-order valence-corrected chi connectivity index (χ0v) is 7.92. The van der Waals surface area contributed by atoms with Crippen molar-refractivity contribution >= 4 is 5.69 Å². The average Bonchev–Trinajstić information content (AvgIpc) is 2.37. The third-order valence-electron chi connectivity index (χ3n) is 2.25. The number of anilines is 1. The van der Waals surface area contributed by atoms with Crippen LogP contribution in [-0.2, 0) is 6.42 Å². The molecule has 0 atom stereocenters. The molecule has 2 nitrogen and oxygen atoms in total. The second-order valence-electron chi connectivity index (χ2n) is 3.98. The van der Waals surface area contributed by atoms with Crippen LogP contribution in [0.2, 0.25) is 0 Å². The SMILES string of the molecule is [CH]Nc1cccc2c1OC(C)(C)C2. The van der Waals surface area contributed by atoms with E-state index in [1.54, 1.807) is 0 Å². The molecule has 68 valence electrons. The van der Waals surface area contributed by atoms with E-state index in [2.05, 4.69) is 25.2 Å². The molecular formula is C11H13NO. The number of hydrogen-bond acceptors (Lipinski definition) is 2. The Morgan fingerprint density at radius 2 is 2.23 bits per heavy atom. The summed E-state index contributed by atoms with van der Waals surface area (Å²) in [5, 5.41) is 2.64. The van der Waals surface area contributed by atoms with Crippen LogP contribution in [0.25, 0.3) is 0 Å². The molecular weight excluding hydrogens is 162 g/mol. The molecule has 0 aliphatic carbocycles. The van der Waals surface area contributed by atoms with Crippen molar-refractivity contribution in [2.24, 2.45) is 0 Å². The van der Waals surface area contributed by atoms with Crippen molar-refractivity contribution in [1.29, 1.82) is 0 Å². The van der Waals surface area contributed by atoms with Gasteiger partial charge in [-0.15, -0.1) is 0 Å². The smallest absolute Gasteiger partial charge is 0.146 e. The maximum atomic E-state index is 5.77. The van der Waals surface area contributed by atoms with Crippen LogP contribution in [0.3, 0.4) is 0 Å². The molecule has 0 amide bonds. The van der Waals surface area contributed by atoms with Crippen LogP contribution in [-0.4, -0.2) is 5.60 Å². The molecule has 1 heterocycles. The van der Waals surface area contributed by atoms with E-state index in [1.165, 1.54) is 5.56 Å². The molecule has 1 N–H and O–H groups in total. The Morgan fingerprint density at radius 3 is 2.92 bits per heavy atom. The fraction of sp³-hybridized carbons (Fsp3) is 0.364. The number of para-hydroxylation sites is 1. The first kappa shape index (κ1) is 8.42. The maximum absolute atomic E-state index is 5.77. The highest BCUT2D eigenvalue weighted by atomic mass is 16.5. The molecule has 0 aromatic heterocycles. The molecule has 0 saturated heterocycles. The van der Waals surface area contributed by atoms with E-state index in [4.69, 9.17) is 11.8 Å². The summed E-state index contributed by atoms with van der Waals surface area (Å²) in [5.74, 6) is 0.898. The Bertz CT molecular complexity index is 331. The lowest BCUT2D eigenvalue weighted by Gasteiger charge is -2.17. The van der Waals surface area contributed by atoms with Gasteiger partial charge < -0.3 is 10.1 Å². The number of hydrogen-bond donors (Lipinski definition) is 1. The van der Waals surface area contributed by atoms with Crippen LogP contribution in [0.15, 0.2) is 18.2 Å². The van der Waals surface area contributed by atoms with E-state index in [9.17, 15) is 0 Å². The summed E-state index contributed by atoms with van der Waals surface area (Å²) < 4.78 is 5.77. The van der Waals surface area contributed by atoms with Gasteiger partial charge in [0.25, 0.3) is 0 Å².